The summed E-state index contributed by atoms with van der Waals surface area (Å²) in [6.07, 6.45) is 2.49. The lowest BCUT2D eigenvalue weighted by Crippen LogP contribution is -2.23. The smallest absolute Gasteiger partial charge is 0.331 e. The van der Waals surface area contributed by atoms with Crippen molar-refractivity contribution in [2.24, 2.45) is 5.73 Å². The second-order valence-corrected chi connectivity index (χ2v) is 1.80. The molecule has 0 aliphatic carbocycles. The van der Waals surface area contributed by atoms with Gasteiger partial charge in [-0.15, -0.1) is 12.4 Å². The Hall–Kier alpha value is -0.810. The lowest BCUT2D eigenvalue weighted by molar-refractivity contribution is -0.134. The van der Waals surface area contributed by atoms with Crippen LogP contribution in [0.15, 0.2) is 12.3 Å². The van der Waals surface area contributed by atoms with Crippen molar-refractivity contribution in [2.75, 3.05) is 7.11 Å². The first kappa shape index (κ1) is 12.8. The molecule has 0 radical (unpaired) electrons. The Bertz CT molecular complexity index is 172. The summed E-state index contributed by atoms with van der Waals surface area (Å²) in [5.41, 5.74) is 5.04. The second kappa shape index (κ2) is 7.30. The van der Waals surface area contributed by atoms with Gasteiger partial charge in [-0.25, -0.2) is 4.79 Å². The van der Waals surface area contributed by atoms with E-state index in [2.05, 4.69) is 22.3 Å². The third-order valence-electron chi connectivity index (χ3n) is 0.646. The van der Waals surface area contributed by atoms with Gasteiger partial charge in [0.25, 0.3) is 0 Å². The van der Waals surface area contributed by atoms with Gasteiger partial charge >= 0.3 is 5.97 Å². The monoisotopic (exact) mass is 196 g/mol. The Morgan fingerprint density at radius 3 is 2.64 bits per heavy atom. The predicted molar refractivity (Wildman–Crippen MR) is 48.3 cm³/mol. The molecule has 0 heterocycles. The van der Waals surface area contributed by atoms with E-state index < -0.39 is 5.97 Å². The van der Waals surface area contributed by atoms with Crippen molar-refractivity contribution in [3.63, 3.8) is 0 Å². The number of methoxy groups -OCH3 is 1. The van der Waals surface area contributed by atoms with Crippen molar-refractivity contribution in [1.82, 2.24) is 5.32 Å². The number of esters is 1. The molecule has 0 atom stereocenters. The van der Waals surface area contributed by atoms with Crippen molar-refractivity contribution in [2.45, 2.75) is 0 Å². The van der Waals surface area contributed by atoms with Gasteiger partial charge in [0.15, 0.2) is 5.11 Å². The SMILES string of the molecule is COC(=O)/C=C/NC(N)=S.Cl. The highest BCUT2D eigenvalue weighted by Gasteiger charge is 1.88. The fourth-order valence-corrected chi connectivity index (χ4v) is 0.328. The van der Waals surface area contributed by atoms with E-state index in [1.807, 2.05) is 0 Å². The van der Waals surface area contributed by atoms with E-state index in [9.17, 15) is 4.79 Å². The molecule has 0 aliphatic heterocycles. The summed E-state index contributed by atoms with van der Waals surface area (Å²) in [5.74, 6) is -0.455. The largest absolute Gasteiger partial charge is 0.466 e. The average Bonchev–Trinajstić information content (AvgIpc) is 1.87. The van der Waals surface area contributed by atoms with Crippen LogP contribution in [0.1, 0.15) is 0 Å². The van der Waals surface area contributed by atoms with Crippen LogP contribution >= 0.6 is 24.6 Å². The van der Waals surface area contributed by atoms with E-state index in [-0.39, 0.29) is 17.5 Å². The zero-order valence-corrected chi connectivity index (χ0v) is 7.50. The average molecular weight is 197 g/mol. The molecular weight excluding hydrogens is 188 g/mol. The van der Waals surface area contributed by atoms with Gasteiger partial charge in [-0.05, 0) is 12.2 Å². The number of rotatable bonds is 2. The summed E-state index contributed by atoms with van der Waals surface area (Å²) >= 11 is 4.45. The van der Waals surface area contributed by atoms with Crippen molar-refractivity contribution < 1.29 is 9.53 Å². The lowest BCUT2D eigenvalue weighted by Gasteiger charge is -1.92. The van der Waals surface area contributed by atoms with Gasteiger partial charge in [-0.3, -0.25) is 0 Å². The van der Waals surface area contributed by atoms with Crippen molar-refractivity contribution in [3.05, 3.63) is 12.3 Å². The van der Waals surface area contributed by atoms with E-state index in [0.29, 0.717) is 0 Å². The van der Waals surface area contributed by atoms with Crippen molar-refractivity contribution >= 4 is 35.7 Å². The molecule has 0 aromatic rings. The number of hydrogen-bond acceptors (Lipinski definition) is 3. The summed E-state index contributed by atoms with van der Waals surface area (Å²) in [6, 6.07) is 0. The molecule has 0 amide bonds. The Morgan fingerprint density at radius 2 is 2.27 bits per heavy atom. The van der Waals surface area contributed by atoms with E-state index >= 15 is 0 Å². The second-order valence-electron chi connectivity index (χ2n) is 1.37. The Kier molecular flexibility index (Phi) is 8.51. The summed E-state index contributed by atoms with van der Waals surface area (Å²) in [6.45, 7) is 0. The van der Waals surface area contributed by atoms with Crippen LogP contribution in [-0.2, 0) is 9.53 Å². The van der Waals surface area contributed by atoms with Gasteiger partial charge in [0, 0.05) is 12.3 Å². The molecule has 0 aromatic heterocycles. The molecule has 3 N–H and O–H groups in total. The minimum absolute atomic E-state index is 0. The molecule has 0 unspecified atom stereocenters. The number of nitrogens with two attached hydrogens (primary N) is 1. The van der Waals surface area contributed by atoms with Crippen LogP contribution in [-0.4, -0.2) is 18.2 Å². The molecule has 6 heteroatoms. The first-order valence-electron chi connectivity index (χ1n) is 2.47. The fourth-order valence-electron chi connectivity index (χ4n) is 0.260. The van der Waals surface area contributed by atoms with Crippen molar-refractivity contribution in [1.29, 1.82) is 0 Å². The van der Waals surface area contributed by atoms with Gasteiger partial charge in [0.2, 0.25) is 0 Å². The third-order valence-corrected chi connectivity index (χ3v) is 0.764. The molecule has 0 spiro atoms. The van der Waals surface area contributed by atoms with Crippen LogP contribution in [0.5, 0.6) is 0 Å². The molecule has 0 aliphatic rings. The van der Waals surface area contributed by atoms with Crippen LogP contribution in [0.4, 0.5) is 0 Å². The number of hydrogen-bond donors (Lipinski definition) is 2. The number of halogens is 1. The minimum atomic E-state index is -0.455. The van der Waals surface area contributed by atoms with E-state index in [4.69, 9.17) is 5.73 Å². The summed E-state index contributed by atoms with van der Waals surface area (Å²) in [7, 11) is 1.29. The minimum Gasteiger partial charge on any atom is -0.466 e. The Morgan fingerprint density at radius 1 is 1.73 bits per heavy atom. The van der Waals surface area contributed by atoms with Gasteiger partial charge in [0.05, 0.1) is 7.11 Å². The molecule has 4 nitrogen and oxygen atoms in total. The lowest BCUT2D eigenvalue weighted by atomic mass is 10.6. The Balaban J connectivity index is 0. The summed E-state index contributed by atoms with van der Waals surface area (Å²) in [5, 5.41) is 2.55. The van der Waals surface area contributed by atoms with Crippen LogP contribution in [0.3, 0.4) is 0 Å². The number of nitrogens with one attached hydrogen (secondary N) is 1. The molecule has 11 heavy (non-hydrogen) atoms. The molecule has 0 fully saturated rings. The van der Waals surface area contributed by atoms with Gasteiger partial charge in [0.1, 0.15) is 0 Å². The van der Waals surface area contributed by atoms with Gasteiger partial charge < -0.3 is 15.8 Å². The first-order chi connectivity index (χ1) is 4.66. The highest BCUT2D eigenvalue weighted by atomic mass is 35.5. The summed E-state index contributed by atoms with van der Waals surface area (Å²) in [4.78, 5) is 10.4. The van der Waals surface area contributed by atoms with E-state index in [0.717, 1.165) is 0 Å². The van der Waals surface area contributed by atoms with Gasteiger partial charge in [-0.2, -0.15) is 0 Å². The number of thiocarbonyl (C=S) groups is 1. The fraction of sp³-hybridized carbons (Fsp3) is 0.200. The van der Waals surface area contributed by atoms with Crippen LogP contribution in [0.2, 0.25) is 0 Å². The van der Waals surface area contributed by atoms with Gasteiger partial charge in [-0.1, -0.05) is 0 Å². The van der Waals surface area contributed by atoms with Crippen LogP contribution in [0.25, 0.3) is 0 Å². The maximum Gasteiger partial charge on any atom is 0.331 e. The summed E-state index contributed by atoms with van der Waals surface area (Å²) < 4.78 is 4.28. The topological polar surface area (TPSA) is 64.3 Å². The van der Waals surface area contributed by atoms with Crippen molar-refractivity contribution in [3.8, 4) is 0 Å². The Labute approximate surface area is 76.2 Å². The molecule has 0 bridgehead atoms. The maximum atomic E-state index is 10.4. The number of carbonyl (C=O) groups is 1. The molecule has 0 saturated heterocycles. The molecule has 0 saturated carbocycles. The standard InChI is InChI=1S/C5H8N2O2S.ClH/c1-9-4(8)2-3-7-5(6)10;/h2-3H,1H3,(H3,6,7,10);1H/b3-2+;. The molecule has 0 rings (SSSR count). The highest BCUT2D eigenvalue weighted by molar-refractivity contribution is 7.80. The molecule has 0 aromatic carbocycles. The zero-order valence-electron chi connectivity index (χ0n) is 5.87. The highest BCUT2D eigenvalue weighted by Crippen LogP contribution is 1.73. The van der Waals surface area contributed by atoms with Crippen LogP contribution in [0, 0.1) is 0 Å². The normalized spacial score (nSPS) is 8.45. The third kappa shape index (κ3) is 9.19. The van der Waals surface area contributed by atoms with E-state index in [1.165, 1.54) is 19.4 Å². The molecule has 64 valence electrons. The molecular formula is C5H9ClN2O2S. The number of ether oxygens (including phenoxy) is 1. The predicted octanol–water partition coefficient (Wildman–Crippen LogP) is -0.0719. The first-order valence-corrected chi connectivity index (χ1v) is 2.88. The quantitative estimate of drug-likeness (QED) is 0.368. The number of carbonyl (C=O) groups excluding carboxylic acids is 1. The maximum absolute atomic E-state index is 10.4. The van der Waals surface area contributed by atoms with Crippen LogP contribution < -0.4 is 11.1 Å². The zero-order chi connectivity index (χ0) is 7.98. The van der Waals surface area contributed by atoms with E-state index in [1.54, 1.807) is 0 Å².